The summed E-state index contributed by atoms with van der Waals surface area (Å²) >= 11 is 0. The average Bonchev–Trinajstić information content (AvgIpc) is 3.21. The minimum Gasteiger partial charge on any atom is -0.494 e. The highest BCUT2D eigenvalue weighted by Gasteiger charge is 2.37. The molecule has 2 aromatic carbocycles. The Hall–Kier alpha value is -2.25. The zero-order valence-corrected chi connectivity index (χ0v) is 18.7. The number of benzene rings is 2. The first kappa shape index (κ1) is 24.4. The van der Waals surface area contributed by atoms with Crippen LogP contribution in [0.5, 0.6) is 5.75 Å². The summed E-state index contributed by atoms with van der Waals surface area (Å²) in [5.41, 5.74) is 0.666. The van der Waals surface area contributed by atoms with Crippen molar-refractivity contribution in [3.8, 4) is 5.75 Å². The van der Waals surface area contributed by atoms with Crippen LogP contribution in [0.3, 0.4) is 0 Å². The maximum atomic E-state index is 13.7. The second-order valence-electron chi connectivity index (χ2n) is 8.24. The van der Waals surface area contributed by atoms with Gasteiger partial charge in [0.2, 0.25) is 0 Å². The second-order valence-corrected chi connectivity index (χ2v) is 8.24. The highest BCUT2D eigenvalue weighted by Crippen LogP contribution is 2.36. The van der Waals surface area contributed by atoms with E-state index >= 15 is 0 Å². The number of nitrogens with zero attached hydrogens (tertiary/aromatic N) is 2. The highest BCUT2D eigenvalue weighted by molar-refractivity contribution is 5.96. The third-order valence-electron chi connectivity index (χ3n) is 5.99. The summed E-state index contributed by atoms with van der Waals surface area (Å²) in [7, 11) is 0. The smallest absolute Gasteiger partial charge is 0.417 e. The Morgan fingerprint density at radius 1 is 0.969 bits per heavy atom. The van der Waals surface area contributed by atoms with E-state index in [1.165, 1.54) is 36.3 Å². The lowest BCUT2D eigenvalue weighted by molar-refractivity contribution is -0.138. The van der Waals surface area contributed by atoms with Gasteiger partial charge >= 0.3 is 6.18 Å². The van der Waals surface area contributed by atoms with Gasteiger partial charge in [0.25, 0.3) is 5.91 Å². The molecular weight excluding hydrogens is 441 g/mol. The molecule has 32 heavy (non-hydrogen) atoms. The molecule has 0 unspecified atom stereocenters. The summed E-state index contributed by atoms with van der Waals surface area (Å²) in [6.07, 6.45) is -0.207. The van der Waals surface area contributed by atoms with Gasteiger partial charge in [0.05, 0.1) is 17.7 Å². The molecule has 2 aromatic rings. The van der Waals surface area contributed by atoms with Gasteiger partial charge in [-0.2, -0.15) is 13.2 Å². The van der Waals surface area contributed by atoms with Crippen molar-refractivity contribution < 1.29 is 22.7 Å². The molecule has 2 heterocycles. The van der Waals surface area contributed by atoms with E-state index in [1.807, 2.05) is 24.3 Å². The van der Waals surface area contributed by atoms with Gasteiger partial charge in [-0.25, -0.2) is 0 Å². The molecule has 8 heteroatoms. The second kappa shape index (κ2) is 10.6. The molecule has 4 nitrogen and oxygen atoms in total. The predicted octanol–water partition coefficient (Wildman–Crippen LogP) is 5.54. The number of carbonyl (C=O) groups is 1. The van der Waals surface area contributed by atoms with Crippen molar-refractivity contribution in [2.24, 2.45) is 0 Å². The molecule has 0 saturated carbocycles. The van der Waals surface area contributed by atoms with Crippen LogP contribution in [0.15, 0.2) is 42.5 Å². The number of rotatable bonds is 6. The standard InChI is InChI=1S/C24H27F3N2O2.ClH/c25-24(26,27)22-15-20(31-14-6-13-28-11-4-1-5-12-28)9-10-21(22)23(30)29-16-18-7-2-3-8-19(18)17-29;/h2-3,7-10,15H,1,4-6,11-14,16-17H2;1H. The van der Waals surface area contributed by atoms with Crippen molar-refractivity contribution in [2.75, 3.05) is 26.2 Å². The zero-order valence-electron chi connectivity index (χ0n) is 17.9. The van der Waals surface area contributed by atoms with Gasteiger partial charge in [-0.15, -0.1) is 12.4 Å². The molecule has 4 rings (SSSR count). The Morgan fingerprint density at radius 3 is 2.25 bits per heavy atom. The van der Waals surface area contributed by atoms with Crippen molar-refractivity contribution in [1.29, 1.82) is 0 Å². The molecular formula is C24H28ClF3N2O2. The number of hydrogen-bond acceptors (Lipinski definition) is 3. The Balaban J connectivity index is 0.00000289. The number of ether oxygens (including phenoxy) is 1. The van der Waals surface area contributed by atoms with E-state index in [0.717, 1.165) is 43.2 Å². The largest absolute Gasteiger partial charge is 0.494 e. The van der Waals surface area contributed by atoms with Crippen LogP contribution in [0.4, 0.5) is 13.2 Å². The number of halogens is 4. The summed E-state index contributed by atoms with van der Waals surface area (Å²) in [4.78, 5) is 16.7. The first-order valence-electron chi connectivity index (χ1n) is 10.8. The summed E-state index contributed by atoms with van der Waals surface area (Å²) in [6, 6.07) is 11.2. The maximum Gasteiger partial charge on any atom is 0.417 e. The van der Waals surface area contributed by atoms with E-state index < -0.39 is 17.6 Å². The predicted molar refractivity (Wildman–Crippen MR) is 119 cm³/mol. The van der Waals surface area contributed by atoms with Crippen LogP contribution >= 0.6 is 12.4 Å². The van der Waals surface area contributed by atoms with Gasteiger partial charge < -0.3 is 14.5 Å². The SMILES string of the molecule is Cl.O=C(c1ccc(OCCCN2CCCCC2)cc1C(F)(F)F)N1Cc2ccccc2C1. The van der Waals surface area contributed by atoms with Crippen LogP contribution in [0, 0.1) is 0 Å². The number of amides is 1. The molecule has 1 amide bonds. The van der Waals surface area contributed by atoms with E-state index in [-0.39, 0.29) is 23.7 Å². The van der Waals surface area contributed by atoms with E-state index in [4.69, 9.17) is 4.74 Å². The molecule has 1 fully saturated rings. The molecule has 0 spiro atoms. The molecule has 0 atom stereocenters. The van der Waals surface area contributed by atoms with Gasteiger partial charge in [-0.3, -0.25) is 4.79 Å². The van der Waals surface area contributed by atoms with Crippen LogP contribution in [-0.4, -0.2) is 41.9 Å². The molecule has 174 valence electrons. The first-order valence-corrected chi connectivity index (χ1v) is 10.8. The zero-order chi connectivity index (χ0) is 21.8. The lowest BCUT2D eigenvalue weighted by Crippen LogP contribution is -2.31. The Kier molecular flexibility index (Phi) is 8.06. The first-order chi connectivity index (χ1) is 14.9. The minimum atomic E-state index is -4.63. The summed E-state index contributed by atoms with van der Waals surface area (Å²) in [5.74, 6) is -0.465. The fourth-order valence-electron chi connectivity index (χ4n) is 4.34. The fraction of sp³-hybridized carbons (Fsp3) is 0.458. The number of alkyl halides is 3. The number of hydrogen-bond donors (Lipinski definition) is 0. The van der Waals surface area contributed by atoms with Crippen LogP contribution in [0.2, 0.25) is 0 Å². The number of likely N-dealkylation sites (tertiary alicyclic amines) is 1. The quantitative estimate of drug-likeness (QED) is 0.522. The van der Waals surface area contributed by atoms with E-state index in [9.17, 15) is 18.0 Å². The van der Waals surface area contributed by atoms with Crippen molar-refractivity contribution in [3.63, 3.8) is 0 Å². The van der Waals surface area contributed by atoms with Crippen LogP contribution in [-0.2, 0) is 19.3 Å². The monoisotopic (exact) mass is 468 g/mol. The van der Waals surface area contributed by atoms with Crippen molar-refractivity contribution in [2.45, 2.75) is 44.9 Å². The van der Waals surface area contributed by atoms with Gasteiger partial charge in [0.1, 0.15) is 5.75 Å². The molecule has 0 radical (unpaired) electrons. The average molecular weight is 469 g/mol. The van der Waals surface area contributed by atoms with Crippen molar-refractivity contribution >= 4 is 18.3 Å². The van der Waals surface area contributed by atoms with E-state index in [0.29, 0.717) is 19.7 Å². The molecule has 2 aliphatic rings. The highest BCUT2D eigenvalue weighted by atomic mass is 35.5. The Labute approximate surface area is 192 Å². The summed E-state index contributed by atoms with van der Waals surface area (Å²) in [5, 5.41) is 0. The molecule has 0 aromatic heterocycles. The van der Waals surface area contributed by atoms with Gasteiger partial charge in [0, 0.05) is 19.6 Å². The topological polar surface area (TPSA) is 32.8 Å². The summed E-state index contributed by atoms with van der Waals surface area (Å²) < 4.78 is 46.8. The Bertz CT molecular complexity index is 905. The molecule has 0 N–H and O–H groups in total. The Morgan fingerprint density at radius 2 is 1.62 bits per heavy atom. The lowest BCUT2D eigenvalue weighted by atomic mass is 10.1. The molecule has 1 saturated heterocycles. The third kappa shape index (κ3) is 5.75. The number of fused-ring (bicyclic) bond motifs is 1. The molecule has 2 aliphatic heterocycles. The summed E-state index contributed by atoms with van der Waals surface area (Å²) in [6.45, 7) is 4.04. The lowest BCUT2D eigenvalue weighted by Gasteiger charge is -2.26. The number of carbonyl (C=O) groups excluding carboxylic acids is 1. The van der Waals surface area contributed by atoms with Crippen molar-refractivity contribution in [3.05, 3.63) is 64.7 Å². The number of piperidine rings is 1. The third-order valence-corrected chi connectivity index (χ3v) is 5.99. The van der Waals surface area contributed by atoms with Gasteiger partial charge in [-0.1, -0.05) is 30.7 Å². The van der Waals surface area contributed by atoms with Crippen molar-refractivity contribution in [1.82, 2.24) is 9.80 Å². The normalized spacial score (nSPS) is 16.4. The van der Waals surface area contributed by atoms with E-state index in [1.54, 1.807) is 0 Å². The van der Waals surface area contributed by atoms with Gasteiger partial charge in [-0.05, 0) is 61.7 Å². The van der Waals surface area contributed by atoms with Gasteiger partial charge in [0.15, 0.2) is 0 Å². The maximum absolute atomic E-state index is 13.7. The molecule has 0 bridgehead atoms. The van der Waals surface area contributed by atoms with Crippen LogP contribution in [0.1, 0.15) is 52.7 Å². The van der Waals surface area contributed by atoms with Crippen LogP contribution < -0.4 is 4.74 Å². The fourth-order valence-corrected chi connectivity index (χ4v) is 4.34. The van der Waals surface area contributed by atoms with E-state index in [2.05, 4.69) is 4.90 Å². The minimum absolute atomic E-state index is 0. The van der Waals surface area contributed by atoms with Crippen LogP contribution in [0.25, 0.3) is 0 Å². The molecule has 0 aliphatic carbocycles.